The van der Waals surface area contributed by atoms with E-state index in [0.717, 1.165) is 18.5 Å². The van der Waals surface area contributed by atoms with Crippen molar-refractivity contribution in [1.82, 2.24) is 0 Å². The van der Waals surface area contributed by atoms with Gasteiger partial charge in [0, 0.05) is 4.73 Å². The Morgan fingerprint density at radius 2 is 2.14 bits per heavy atom. The summed E-state index contributed by atoms with van der Waals surface area (Å²) in [5.74, 6) is 0. The van der Waals surface area contributed by atoms with Crippen molar-refractivity contribution in [2.75, 3.05) is 0 Å². The van der Waals surface area contributed by atoms with Gasteiger partial charge in [0.05, 0.1) is 11.0 Å². The molecule has 0 radical (unpaired) electrons. The highest BCUT2D eigenvalue weighted by atomic mass is 16.6. The molecule has 0 fully saturated rings. The Morgan fingerprint density at radius 3 is 2.57 bits per heavy atom. The first-order chi connectivity index (χ1) is 6.65. The van der Waals surface area contributed by atoms with Crippen LogP contribution in [0.1, 0.15) is 24.2 Å². The maximum absolute atomic E-state index is 10.3. The zero-order valence-corrected chi connectivity index (χ0v) is 7.88. The Morgan fingerprint density at radius 1 is 1.57 bits per heavy atom. The lowest BCUT2D eigenvalue weighted by Crippen LogP contribution is -2.29. The monoisotopic (exact) mass is 199 g/mol. The van der Waals surface area contributed by atoms with Gasteiger partial charge in [-0.25, -0.2) is 0 Å². The highest BCUT2D eigenvalue weighted by molar-refractivity contribution is 5.79. The lowest BCUT2D eigenvalue weighted by molar-refractivity contribution is -0.905. The van der Waals surface area contributed by atoms with Crippen molar-refractivity contribution in [2.24, 2.45) is 0 Å². The average Bonchev–Trinajstić information content (AvgIpc) is 2.20. The molecule has 6 nitrogen and oxygen atoms in total. The summed E-state index contributed by atoms with van der Waals surface area (Å²) in [6.07, 6.45) is 2.35. The summed E-state index contributed by atoms with van der Waals surface area (Å²) in [6, 6.07) is 1.05. The number of pyridine rings is 1. The second kappa shape index (κ2) is 5.63. The Hall–Kier alpha value is -1.98. The molecule has 14 heavy (non-hydrogen) atoms. The van der Waals surface area contributed by atoms with Gasteiger partial charge in [-0.2, -0.15) is 0 Å². The van der Waals surface area contributed by atoms with E-state index in [1.165, 1.54) is 0 Å². The Kier molecular flexibility index (Phi) is 4.83. The van der Waals surface area contributed by atoms with Crippen LogP contribution in [0.4, 0.5) is 5.69 Å². The van der Waals surface area contributed by atoms with Gasteiger partial charge in [-0.3, -0.25) is 20.1 Å². The number of nitrogens with zero attached hydrogens (tertiary/aromatic N) is 2. The van der Waals surface area contributed by atoms with Gasteiger partial charge in [0.25, 0.3) is 5.69 Å². The van der Waals surface area contributed by atoms with Crippen LogP contribution in [0.2, 0.25) is 0 Å². The number of aldehydes is 1. The molecule has 0 aliphatic heterocycles. The molecule has 1 rings (SSSR count). The van der Waals surface area contributed by atoms with Gasteiger partial charge in [-0.15, -0.1) is 0 Å². The summed E-state index contributed by atoms with van der Waals surface area (Å²) in [4.78, 5) is 19.8. The van der Waals surface area contributed by atoms with E-state index in [1.807, 2.05) is 13.8 Å². The fourth-order valence-corrected chi connectivity index (χ4v) is 0.752. The summed E-state index contributed by atoms with van der Waals surface area (Å²) in [5, 5.41) is 19.0. The van der Waals surface area contributed by atoms with E-state index in [0.29, 0.717) is 11.0 Å². The number of rotatable bonds is 2. The summed E-state index contributed by atoms with van der Waals surface area (Å²) in [5.41, 5.74) is -0.486. The van der Waals surface area contributed by atoms with Gasteiger partial charge in [-0.1, -0.05) is 13.8 Å². The molecule has 76 valence electrons. The van der Waals surface area contributed by atoms with E-state index >= 15 is 0 Å². The minimum absolute atomic E-state index is 0.162. The van der Waals surface area contributed by atoms with Gasteiger partial charge >= 0.3 is 0 Å². The smallest absolute Gasteiger partial charge is 0.292 e. The molecule has 1 N–H and O–H groups in total. The Balaban J connectivity index is 0.000000791. The molecule has 0 atom stereocenters. The Labute approximate surface area is 80.5 Å². The first-order valence-corrected chi connectivity index (χ1v) is 3.99. The molecule has 0 aliphatic carbocycles. The molecule has 0 saturated heterocycles. The number of hydrogen-bond acceptors (Lipinski definition) is 4. The second-order valence-corrected chi connectivity index (χ2v) is 2.04. The number of aromatic nitrogens is 1. The van der Waals surface area contributed by atoms with E-state index in [-0.39, 0.29) is 11.3 Å². The van der Waals surface area contributed by atoms with Crippen LogP contribution in [-0.4, -0.2) is 16.4 Å². The van der Waals surface area contributed by atoms with Gasteiger partial charge in [0.1, 0.15) is 0 Å². The normalized spacial score (nSPS) is 8.43. The first-order valence-electron chi connectivity index (χ1n) is 3.99. The van der Waals surface area contributed by atoms with Gasteiger partial charge in [0.2, 0.25) is 12.4 Å². The van der Waals surface area contributed by atoms with E-state index in [1.54, 1.807) is 0 Å². The fourth-order valence-electron chi connectivity index (χ4n) is 0.752. The van der Waals surface area contributed by atoms with Crippen LogP contribution in [-0.2, 0) is 0 Å². The molecule has 1 aromatic rings. The van der Waals surface area contributed by atoms with Gasteiger partial charge in [0.15, 0.2) is 11.8 Å². The third kappa shape index (κ3) is 2.81. The summed E-state index contributed by atoms with van der Waals surface area (Å²) < 4.78 is 0.580. The molecule has 1 heterocycles. The van der Waals surface area contributed by atoms with E-state index in [9.17, 15) is 14.9 Å². The van der Waals surface area contributed by atoms with Crippen LogP contribution in [0.25, 0.3) is 0 Å². The third-order valence-corrected chi connectivity index (χ3v) is 1.28. The standard InChI is InChI=1S/C6H5N2O4.C2H6/c9-4-5-3-7(10)2-1-6(5)8(11)12;1-2/h1-4,10H;1-2H3/q+1;. The van der Waals surface area contributed by atoms with Crippen LogP contribution < -0.4 is 4.73 Å². The SMILES string of the molecule is CC.O=Cc1c[n+](O)ccc1[N+](=O)[O-]. The van der Waals surface area contributed by atoms with Crippen molar-refractivity contribution in [3.8, 4) is 0 Å². The highest BCUT2D eigenvalue weighted by Gasteiger charge is 2.17. The quantitative estimate of drug-likeness (QED) is 0.253. The number of nitro groups is 1. The number of carbonyl (C=O) groups is 1. The molecule has 0 aliphatic rings. The second-order valence-electron chi connectivity index (χ2n) is 2.04. The zero-order chi connectivity index (χ0) is 11.1. The number of carbonyl (C=O) groups excluding carboxylic acids is 1. The predicted octanol–water partition coefficient (Wildman–Crippen LogP) is 0.958. The number of hydrogen-bond donors (Lipinski definition) is 1. The largest absolute Gasteiger partial charge is 0.297 e. The van der Waals surface area contributed by atoms with Crippen LogP contribution in [0.3, 0.4) is 0 Å². The maximum atomic E-state index is 10.3. The molecular weight excluding hydrogens is 188 g/mol. The minimum Gasteiger partial charge on any atom is -0.297 e. The van der Waals surface area contributed by atoms with Crippen molar-refractivity contribution >= 4 is 12.0 Å². The van der Waals surface area contributed by atoms with Crippen LogP contribution in [0, 0.1) is 10.1 Å². The Bertz CT molecular complexity index is 338. The van der Waals surface area contributed by atoms with Crippen LogP contribution in [0.5, 0.6) is 0 Å². The van der Waals surface area contributed by atoms with Crippen molar-refractivity contribution < 1.29 is 19.7 Å². The maximum Gasteiger partial charge on any atom is 0.292 e. The molecule has 0 spiro atoms. The van der Waals surface area contributed by atoms with Crippen molar-refractivity contribution in [1.29, 1.82) is 0 Å². The molecular formula is C8H11N2O4+. The van der Waals surface area contributed by atoms with Crippen molar-refractivity contribution in [3.63, 3.8) is 0 Å². The topological polar surface area (TPSA) is 84.3 Å². The van der Waals surface area contributed by atoms with Gasteiger partial charge in [-0.05, 0) is 0 Å². The molecule has 1 aromatic heterocycles. The van der Waals surface area contributed by atoms with E-state index < -0.39 is 4.92 Å². The summed E-state index contributed by atoms with van der Waals surface area (Å²) >= 11 is 0. The van der Waals surface area contributed by atoms with E-state index in [2.05, 4.69) is 0 Å². The molecule has 0 amide bonds. The van der Waals surface area contributed by atoms with Crippen LogP contribution >= 0.6 is 0 Å². The van der Waals surface area contributed by atoms with Crippen molar-refractivity contribution in [3.05, 3.63) is 34.1 Å². The highest BCUT2D eigenvalue weighted by Crippen LogP contribution is 2.12. The van der Waals surface area contributed by atoms with E-state index in [4.69, 9.17) is 5.21 Å². The molecule has 0 unspecified atom stereocenters. The fraction of sp³-hybridized carbons (Fsp3) is 0.250. The first kappa shape index (κ1) is 12.0. The zero-order valence-electron chi connectivity index (χ0n) is 7.88. The van der Waals surface area contributed by atoms with Gasteiger partial charge < -0.3 is 0 Å². The summed E-state index contributed by atoms with van der Waals surface area (Å²) in [7, 11) is 0. The third-order valence-electron chi connectivity index (χ3n) is 1.28. The summed E-state index contributed by atoms with van der Waals surface area (Å²) in [6.45, 7) is 4.00. The lowest BCUT2D eigenvalue weighted by Gasteiger charge is -1.90. The molecule has 6 heteroatoms. The van der Waals surface area contributed by atoms with Crippen molar-refractivity contribution in [2.45, 2.75) is 13.8 Å². The van der Waals surface area contributed by atoms with Crippen LogP contribution in [0.15, 0.2) is 18.5 Å². The predicted molar refractivity (Wildman–Crippen MR) is 47.2 cm³/mol. The molecule has 0 aromatic carbocycles. The molecule has 0 saturated carbocycles. The average molecular weight is 199 g/mol. The lowest BCUT2D eigenvalue weighted by atomic mass is 10.2. The minimum atomic E-state index is -0.691. The molecule has 0 bridgehead atoms.